The molecule has 6 N–H and O–H groups in total. The Labute approximate surface area is 355 Å². The number of aliphatic hydroxyl groups is 1. The molecule has 1 aliphatic carbocycles. The van der Waals surface area contributed by atoms with Crippen molar-refractivity contribution in [2.24, 2.45) is 0 Å². The van der Waals surface area contributed by atoms with E-state index < -0.39 is 90.0 Å². The minimum Gasteiger partial charge on any atom is -0.458 e. The first-order valence-corrected chi connectivity index (χ1v) is 20.3. The molecule has 1 unspecified atom stereocenters. The normalized spacial score (nSPS) is 17.7. The third-order valence-corrected chi connectivity index (χ3v) is 11.3. The van der Waals surface area contributed by atoms with Crippen molar-refractivity contribution in [1.82, 2.24) is 36.1 Å². The quantitative estimate of drug-likeness (QED) is 0.0995. The number of esters is 1. The van der Waals surface area contributed by atoms with Crippen molar-refractivity contribution in [3.63, 3.8) is 0 Å². The molecule has 18 heteroatoms. The lowest BCUT2D eigenvalue weighted by Crippen LogP contribution is -2.52. The number of aryl methyl sites for hydroxylation is 1. The van der Waals surface area contributed by atoms with E-state index in [4.69, 9.17) is 14.5 Å². The minimum atomic E-state index is -2.05. The molecular weight excluding hydrogens is 806 g/mol. The Morgan fingerprint density at radius 3 is 2.40 bits per heavy atom. The van der Waals surface area contributed by atoms with Gasteiger partial charge < -0.3 is 45.7 Å². The van der Waals surface area contributed by atoms with E-state index in [0.717, 1.165) is 5.56 Å². The number of fused-ring (bicyclic) bond motifs is 5. The number of cyclic esters (lactones) is 1. The van der Waals surface area contributed by atoms with Crippen LogP contribution in [0.25, 0.3) is 22.3 Å². The summed E-state index contributed by atoms with van der Waals surface area (Å²) in [4.78, 5) is 96.1. The predicted molar refractivity (Wildman–Crippen MR) is 221 cm³/mol. The van der Waals surface area contributed by atoms with Crippen LogP contribution in [-0.2, 0) is 65.0 Å². The fraction of sp³-hybridized carbons (Fsp3) is 0.409. The number of carbonyl (C=O) groups is 6. The molecule has 2 aliphatic heterocycles. The zero-order valence-electron chi connectivity index (χ0n) is 35.0. The molecule has 3 aliphatic rings. The number of ether oxygens (including phenoxy) is 2. The molecule has 4 aromatic rings. The molecule has 0 saturated carbocycles. The molecule has 0 fully saturated rings. The molecule has 7 rings (SSSR count). The zero-order valence-corrected chi connectivity index (χ0v) is 35.0. The van der Waals surface area contributed by atoms with E-state index in [1.807, 2.05) is 0 Å². The summed E-state index contributed by atoms with van der Waals surface area (Å²) in [6.45, 7) is 6.59. The molecule has 62 heavy (non-hydrogen) atoms. The van der Waals surface area contributed by atoms with E-state index in [9.17, 15) is 38.7 Å². The fourth-order valence-corrected chi connectivity index (χ4v) is 8.25. The standard InChI is InChI=1S/C44H48FN7O10/c1-6-44(60)27-15-32-38-25(20-52(32)40(57)26(27)21-61-41(44)58)37-29(13-12-24-22(2)28(45)16-30(51-38)36(24)37)49-35(55)19-47-39(56)31(14-23-10-8-7-9-11-23)50-34(54)18-46-33(53)17-48-42(59)62-43(3,4)5/h7-11,15-16,29,31,60H,6,12-14,17-21H2,1-5H3,(H,46,53)(H,47,56)(H,48,59)(H,49,55)(H,50,54)/t29?,31-,44+/m1/s1. The van der Waals surface area contributed by atoms with E-state index in [1.54, 1.807) is 71.0 Å². The molecule has 17 nitrogen and oxygen atoms in total. The van der Waals surface area contributed by atoms with Crippen LogP contribution < -0.4 is 32.1 Å². The number of carbonyl (C=O) groups excluding carboxylic acids is 6. The Bertz CT molecular complexity index is 2590. The van der Waals surface area contributed by atoms with Crippen LogP contribution in [0, 0.1) is 12.7 Å². The molecule has 2 aromatic carbocycles. The predicted octanol–water partition coefficient (Wildman–Crippen LogP) is 2.12. The third kappa shape index (κ3) is 8.59. The second kappa shape index (κ2) is 17.0. The van der Waals surface area contributed by atoms with Crippen molar-refractivity contribution in [2.75, 3.05) is 19.6 Å². The maximum absolute atomic E-state index is 15.4. The van der Waals surface area contributed by atoms with E-state index in [0.29, 0.717) is 57.4 Å². The van der Waals surface area contributed by atoms with Crippen LogP contribution >= 0.6 is 0 Å². The number of alkyl carbamates (subject to hydrolysis) is 1. The first kappa shape index (κ1) is 43.4. The summed E-state index contributed by atoms with van der Waals surface area (Å²) >= 11 is 0. The number of halogens is 1. The van der Waals surface area contributed by atoms with Crippen LogP contribution in [-0.4, -0.2) is 81.6 Å². The van der Waals surface area contributed by atoms with Crippen molar-refractivity contribution in [2.45, 2.75) is 96.7 Å². The minimum absolute atomic E-state index is 0.0439. The molecule has 3 atom stereocenters. The highest BCUT2D eigenvalue weighted by Crippen LogP contribution is 2.46. The molecule has 0 spiro atoms. The number of nitrogens with zero attached hydrogens (tertiary/aromatic N) is 2. The zero-order chi connectivity index (χ0) is 44.7. The molecule has 326 valence electrons. The van der Waals surface area contributed by atoms with Crippen LogP contribution in [0.5, 0.6) is 0 Å². The number of aromatic nitrogens is 2. The molecule has 4 heterocycles. The van der Waals surface area contributed by atoms with Gasteiger partial charge in [-0.3, -0.25) is 24.0 Å². The van der Waals surface area contributed by atoms with E-state index in [-0.39, 0.29) is 37.1 Å². The third-order valence-electron chi connectivity index (χ3n) is 11.3. The summed E-state index contributed by atoms with van der Waals surface area (Å²) in [5.74, 6) is -3.92. The smallest absolute Gasteiger partial charge is 0.408 e. The first-order valence-electron chi connectivity index (χ1n) is 20.3. The molecule has 2 aromatic heterocycles. The highest BCUT2D eigenvalue weighted by atomic mass is 19.1. The average Bonchev–Trinajstić information content (AvgIpc) is 3.60. The Kier molecular flexibility index (Phi) is 11.9. The number of hydrogen-bond acceptors (Lipinski definition) is 11. The summed E-state index contributed by atoms with van der Waals surface area (Å²) in [5.41, 5.74) is 1.11. The van der Waals surface area contributed by atoms with Gasteiger partial charge in [-0.05, 0) is 75.3 Å². The number of hydrogen-bond donors (Lipinski definition) is 6. The van der Waals surface area contributed by atoms with Gasteiger partial charge in [0.15, 0.2) is 5.60 Å². The summed E-state index contributed by atoms with van der Waals surface area (Å²) in [6, 6.07) is 9.95. The van der Waals surface area contributed by atoms with Crippen molar-refractivity contribution < 1.29 is 47.7 Å². The summed E-state index contributed by atoms with van der Waals surface area (Å²) < 4.78 is 27.2. The lowest BCUT2D eigenvalue weighted by molar-refractivity contribution is -0.172. The van der Waals surface area contributed by atoms with Crippen LogP contribution in [0.3, 0.4) is 0 Å². The second-order valence-corrected chi connectivity index (χ2v) is 16.6. The van der Waals surface area contributed by atoms with Gasteiger partial charge in [0, 0.05) is 29.0 Å². The van der Waals surface area contributed by atoms with E-state index >= 15 is 4.39 Å². The highest BCUT2D eigenvalue weighted by molar-refractivity contribution is 5.95. The first-order chi connectivity index (χ1) is 29.4. The lowest BCUT2D eigenvalue weighted by atomic mass is 9.81. The highest BCUT2D eigenvalue weighted by Gasteiger charge is 2.46. The Morgan fingerprint density at radius 2 is 1.69 bits per heavy atom. The van der Waals surface area contributed by atoms with E-state index in [1.165, 1.54) is 10.6 Å². The Morgan fingerprint density at radius 1 is 0.984 bits per heavy atom. The van der Waals surface area contributed by atoms with Crippen LogP contribution in [0.1, 0.15) is 85.5 Å². The van der Waals surface area contributed by atoms with Gasteiger partial charge in [-0.2, -0.15) is 0 Å². The van der Waals surface area contributed by atoms with Gasteiger partial charge in [0.1, 0.15) is 30.6 Å². The van der Waals surface area contributed by atoms with Crippen molar-refractivity contribution in [3.8, 4) is 11.4 Å². The van der Waals surface area contributed by atoms with Gasteiger partial charge in [0.2, 0.25) is 23.6 Å². The summed E-state index contributed by atoms with van der Waals surface area (Å²) in [5, 5.41) is 24.9. The number of pyridine rings is 2. The van der Waals surface area contributed by atoms with E-state index in [2.05, 4.69) is 26.6 Å². The van der Waals surface area contributed by atoms with Gasteiger partial charge in [0.05, 0.1) is 48.1 Å². The molecular formula is C44H48FN7O10. The summed E-state index contributed by atoms with van der Waals surface area (Å²) in [7, 11) is 0. The molecule has 5 amide bonds. The van der Waals surface area contributed by atoms with Crippen molar-refractivity contribution in [3.05, 3.63) is 97.6 Å². The van der Waals surface area contributed by atoms with Gasteiger partial charge in [-0.15, -0.1) is 0 Å². The lowest BCUT2D eigenvalue weighted by Gasteiger charge is -2.31. The van der Waals surface area contributed by atoms with Crippen LogP contribution in [0.15, 0.2) is 47.3 Å². The SMILES string of the molecule is CC[C@@]1(O)C(=O)OCc2c1cc1n(c2=O)Cc2c-1nc1cc(F)c(C)c3c1c2C(NC(=O)CNC(=O)[C@@H](Cc1ccccc1)NC(=O)CNC(=O)CNC(=O)OC(C)(C)C)CC3. The molecule has 0 saturated heterocycles. The number of benzene rings is 2. The Hall–Kier alpha value is -6.69. The fourth-order valence-electron chi connectivity index (χ4n) is 8.25. The van der Waals surface area contributed by atoms with Gasteiger partial charge >= 0.3 is 12.1 Å². The van der Waals surface area contributed by atoms with Gasteiger partial charge in [0.25, 0.3) is 5.56 Å². The molecule has 0 radical (unpaired) electrons. The van der Waals surface area contributed by atoms with Crippen molar-refractivity contribution >= 4 is 46.6 Å². The topological polar surface area (TPSA) is 236 Å². The number of rotatable bonds is 12. The monoisotopic (exact) mass is 853 g/mol. The largest absolute Gasteiger partial charge is 0.458 e. The number of amides is 5. The van der Waals surface area contributed by atoms with Crippen LogP contribution in [0.2, 0.25) is 0 Å². The Balaban J connectivity index is 1.08. The maximum Gasteiger partial charge on any atom is 0.408 e. The summed E-state index contributed by atoms with van der Waals surface area (Å²) in [6.07, 6.45) is -0.0384. The molecule has 0 bridgehead atoms. The maximum atomic E-state index is 15.4. The van der Waals surface area contributed by atoms with Crippen molar-refractivity contribution in [1.29, 1.82) is 0 Å². The second-order valence-electron chi connectivity index (χ2n) is 16.6. The van der Waals surface area contributed by atoms with Crippen LogP contribution in [0.4, 0.5) is 9.18 Å². The van der Waals surface area contributed by atoms with Gasteiger partial charge in [-0.25, -0.2) is 19.0 Å². The average molecular weight is 854 g/mol. The van der Waals surface area contributed by atoms with Gasteiger partial charge in [-0.1, -0.05) is 37.3 Å². The number of nitrogens with one attached hydrogen (secondary N) is 5.